The molecule has 1 aliphatic carbocycles. The normalized spacial score (nSPS) is 15.7. The van der Waals surface area contributed by atoms with Gasteiger partial charge >= 0.3 is 0 Å². The van der Waals surface area contributed by atoms with Crippen molar-refractivity contribution in [3.8, 4) is 5.75 Å². The van der Waals surface area contributed by atoms with Crippen LogP contribution in [0.5, 0.6) is 5.75 Å². The fraction of sp³-hybridized carbons (Fsp3) is 0.200. The maximum atomic E-state index is 5.50. The molecule has 2 heteroatoms. The van der Waals surface area contributed by atoms with Gasteiger partial charge in [0.15, 0.2) is 0 Å². The number of aromatic amines is 1. The van der Waals surface area contributed by atoms with Gasteiger partial charge in [0.1, 0.15) is 5.75 Å². The Bertz CT molecular complexity index is 273. The highest BCUT2D eigenvalue weighted by atomic mass is 16.5. The van der Waals surface area contributed by atoms with E-state index in [1.807, 2.05) is 30.6 Å². The summed E-state index contributed by atoms with van der Waals surface area (Å²) in [5.41, 5.74) is 0. The molecule has 0 amide bonds. The lowest BCUT2D eigenvalue weighted by atomic mass is 10.2. The molecular weight excluding hydrogens is 150 g/mol. The second-order valence-electron chi connectivity index (χ2n) is 2.79. The van der Waals surface area contributed by atoms with Crippen LogP contribution in [0.1, 0.15) is 0 Å². The van der Waals surface area contributed by atoms with Gasteiger partial charge in [-0.1, -0.05) is 24.3 Å². The third-order valence-electron chi connectivity index (χ3n) is 1.84. The van der Waals surface area contributed by atoms with Crippen LogP contribution in [0.2, 0.25) is 0 Å². The van der Waals surface area contributed by atoms with Crippen molar-refractivity contribution in [3.63, 3.8) is 0 Å². The first kappa shape index (κ1) is 7.22. The number of hydrogen-bond acceptors (Lipinski definition) is 1. The molecule has 0 fully saturated rings. The van der Waals surface area contributed by atoms with Crippen LogP contribution in [0, 0.1) is 5.92 Å². The second-order valence-corrected chi connectivity index (χ2v) is 2.79. The summed E-state index contributed by atoms with van der Waals surface area (Å²) >= 11 is 0. The molecule has 1 aromatic heterocycles. The molecule has 0 saturated heterocycles. The van der Waals surface area contributed by atoms with E-state index in [4.69, 9.17) is 4.74 Å². The summed E-state index contributed by atoms with van der Waals surface area (Å²) in [6, 6.07) is 1.92. The van der Waals surface area contributed by atoms with Crippen LogP contribution in [0.15, 0.2) is 42.8 Å². The Labute approximate surface area is 71.6 Å². The van der Waals surface area contributed by atoms with Gasteiger partial charge in [0, 0.05) is 18.3 Å². The Balaban J connectivity index is 1.83. The third kappa shape index (κ3) is 1.59. The molecule has 62 valence electrons. The fourth-order valence-electron chi connectivity index (χ4n) is 1.18. The highest BCUT2D eigenvalue weighted by Gasteiger charge is 2.03. The molecule has 0 bridgehead atoms. The van der Waals surface area contributed by atoms with Gasteiger partial charge in [0.2, 0.25) is 0 Å². The molecule has 1 aliphatic rings. The van der Waals surface area contributed by atoms with Crippen LogP contribution >= 0.6 is 0 Å². The summed E-state index contributed by atoms with van der Waals surface area (Å²) in [5, 5.41) is 0. The summed E-state index contributed by atoms with van der Waals surface area (Å²) in [7, 11) is 0. The first-order valence-electron chi connectivity index (χ1n) is 4.06. The Morgan fingerprint density at radius 2 is 2.17 bits per heavy atom. The SMILES string of the molecule is C1=CC(COc2cc[nH]c2)C=C1. The van der Waals surface area contributed by atoms with Crippen molar-refractivity contribution < 1.29 is 4.74 Å². The van der Waals surface area contributed by atoms with E-state index in [0.29, 0.717) is 5.92 Å². The van der Waals surface area contributed by atoms with E-state index in [9.17, 15) is 0 Å². The van der Waals surface area contributed by atoms with E-state index in [0.717, 1.165) is 12.4 Å². The lowest BCUT2D eigenvalue weighted by molar-refractivity contribution is 0.298. The van der Waals surface area contributed by atoms with Crippen LogP contribution in [0.25, 0.3) is 0 Å². The Kier molecular flexibility index (Phi) is 1.99. The first-order valence-corrected chi connectivity index (χ1v) is 4.06. The standard InChI is InChI=1S/C10H11NO/c1-2-4-9(3-1)8-12-10-5-6-11-7-10/h1-7,9,11H,8H2. The number of aromatic nitrogens is 1. The molecule has 0 unspecified atom stereocenters. The summed E-state index contributed by atoms with van der Waals surface area (Å²) < 4.78 is 5.50. The first-order chi connectivity index (χ1) is 5.95. The summed E-state index contributed by atoms with van der Waals surface area (Å²) in [6.07, 6.45) is 12.1. The highest BCUT2D eigenvalue weighted by Crippen LogP contribution is 2.13. The van der Waals surface area contributed by atoms with Gasteiger partial charge in [-0.15, -0.1) is 0 Å². The lowest BCUT2D eigenvalue weighted by Gasteiger charge is -2.05. The predicted molar refractivity (Wildman–Crippen MR) is 48.1 cm³/mol. The van der Waals surface area contributed by atoms with Crippen LogP contribution in [-0.2, 0) is 0 Å². The topological polar surface area (TPSA) is 25.0 Å². The van der Waals surface area contributed by atoms with E-state index in [1.165, 1.54) is 0 Å². The molecule has 0 radical (unpaired) electrons. The smallest absolute Gasteiger partial charge is 0.136 e. The quantitative estimate of drug-likeness (QED) is 0.721. The number of allylic oxidation sites excluding steroid dienone is 2. The zero-order chi connectivity index (χ0) is 8.23. The van der Waals surface area contributed by atoms with Gasteiger partial charge in [-0.25, -0.2) is 0 Å². The maximum absolute atomic E-state index is 5.50. The predicted octanol–water partition coefficient (Wildman–Crippen LogP) is 2.14. The van der Waals surface area contributed by atoms with Crippen molar-refractivity contribution in [2.45, 2.75) is 0 Å². The van der Waals surface area contributed by atoms with E-state index >= 15 is 0 Å². The van der Waals surface area contributed by atoms with Crippen molar-refractivity contribution in [1.29, 1.82) is 0 Å². The molecule has 0 spiro atoms. The van der Waals surface area contributed by atoms with Crippen LogP contribution in [-0.4, -0.2) is 11.6 Å². The number of H-pyrrole nitrogens is 1. The fourth-order valence-corrected chi connectivity index (χ4v) is 1.18. The van der Waals surface area contributed by atoms with E-state index in [2.05, 4.69) is 17.1 Å². The van der Waals surface area contributed by atoms with E-state index in [1.54, 1.807) is 0 Å². The molecule has 2 nitrogen and oxygen atoms in total. The largest absolute Gasteiger partial charge is 0.491 e. The monoisotopic (exact) mass is 161 g/mol. The number of rotatable bonds is 3. The zero-order valence-corrected chi connectivity index (χ0v) is 6.73. The van der Waals surface area contributed by atoms with Crippen molar-refractivity contribution in [3.05, 3.63) is 42.8 Å². The molecule has 0 aromatic carbocycles. The highest BCUT2D eigenvalue weighted by molar-refractivity contribution is 5.19. The minimum atomic E-state index is 0.444. The second kappa shape index (κ2) is 3.30. The molecule has 1 aromatic rings. The van der Waals surface area contributed by atoms with Gasteiger partial charge < -0.3 is 9.72 Å². The van der Waals surface area contributed by atoms with Crippen molar-refractivity contribution >= 4 is 0 Å². The van der Waals surface area contributed by atoms with Gasteiger partial charge in [0.05, 0.1) is 6.61 Å². The molecule has 2 rings (SSSR count). The average molecular weight is 161 g/mol. The summed E-state index contributed by atoms with van der Waals surface area (Å²) in [4.78, 5) is 2.94. The summed E-state index contributed by atoms with van der Waals surface area (Å²) in [6.45, 7) is 0.727. The minimum absolute atomic E-state index is 0.444. The molecule has 1 heterocycles. The molecule has 12 heavy (non-hydrogen) atoms. The van der Waals surface area contributed by atoms with E-state index < -0.39 is 0 Å². The lowest BCUT2D eigenvalue weighted by Crippen LogP contribution is -2.05. The molecular formula is C10H11NO. The Morgan fingerprint density at radius 1 is 1.33 bits per heavy atom. The van der Waals surface area contributed by atoms with Gasteiger partial charge in [-0.05, 0) is 6.07 Å². The van der Waals surface area contributed by atoms with Crippen LogP contribution in [0.3, 0.4) is 0 Å². The molecule has 0 aliphatic heterocycles. The molecule has 0 atom stereocenters. The number of hydrogen-bond donors (Lipinski definition) is 1. The van der Waals surface area contributed by atoms with Crippen molar-refractivity contribution in [1.82, 2.24) is 4.98 Å². The number of ether oxygens (including phenoxy) is 1. The van der Waals surface area contributed by atoms with Crippen molar-refractivity contribution in [2.75, 3.05) is 6.61 Å². The number of nitrogens with one attached hydrogen (secondary N) is 1. The maximum Gasteiger partial charge on any atom is 0.136 e. The van der Waals surface area contributed by atoms with Gasteiger partial charge in [-0.3, -0.25) is 0 Å². The van der Waals surface area contributed by atoms with Crippen LogP contribution in [0.4, 0.5) is 0 Å². The van der Waals surface area contributed by atoms with Crippen molar-refractivity contribution in [2.24, 2.45) is 5.92 Å². The Morgan fingerprint density at radius 3 is 2.83 bits per heavy atom. The minimum Gasteiger partial charge on any atom is -0.491 e. The third-order valence-corrected chi connectivity index (χ3v) is 1.84. The molecule has 1 N–H and O–H groups in total. The average Bonchev–Trinajstić information content (AvgIpc) is 2.74. The zero-order valence-electron chi connectivity index (χ0n) is 6.73. The molecule has 0 saturated carbocycles. The summed E-state index contributed by atoms with van der Waals surface area (Å²) in [5.74, 6) is 1.35. The Hall–Kier alpha value is -1.44. The van der Waals surface area contributed by atoms with E-state index in [-0.39, 0.29) is 0 Å². The van der Waals surface area contributed by atoms with Crippen LogP contribution < -0.4 is 4.74 Å². The van der Waals surface area contributed by atoms with Gasteiger partial charge in [0.25, 0.3) is 0 Å². The van der Waals surface area contributed by atoms with Gasteiger partial charge in [-0.2, -0.15) is 0 Å².